The molecule has 0 spiro atoms. The smallest absolute Gasteiger partial charge is 0.270 e. The molecule has 1 aromatic carbocycles. The third kappa shape index (κ3) is 2.90. The lowest BCUT2D eigenvalue weighted by Crippen LogP contribution is -2.34. The van der Waals surface area contributed by atoms with E-state index in [1.165, 1.54) is 29.7 Å². The number of aromatic nitrogens is 1. The first kappa shape index (κ1) is 13.3. The third-order valence-electron chi connectivity index (χ3n) is 3.72. The molecule has 4 heteroatoms. The molecule has 3 nitrogen and oxygen atoms in total. The van der Waals surface area contributed by atoms with Gasteiger partial charge in [0.15, 0.2) is 0 Å². The van der Waals surface area contributed by atoms with Crippen LogP contribution in [0.3, 0.4) is 0 Å². The molecule has 104 valence electrons. The maximum atomic E-state index is 12.1. The number of amides is 1. The average Bonchev–Trinajstić information content (AvgIpc) is 3.17. The Morgan fingerprint density at radius 2 is 2.05 bits per heavy atom. The van der Waals surface area contributed by atoms with Crippen molar-refractivity contribution in [2.75, 3.05) is 0 Å². The molecule has 20 heavy (non-hydrogen) atoms. The number of carbonyl (C=O) groups excluding carboxylic acids is 1. The number of hydrogen-bond acceptors (Lipinski definition) is 3. The second kappa shape index (κ2) is 5.37. The van der Waals surface area contributed by atoms with Crippen LogP contribution in [0.15, 0.2) is 29.6 Å². The Kier molecular flexibility index (Phi) is 3.57. The zero-order valence-electron chi connectivity index (χ0n) is 11.7. The number of benzene rings is 1. The third-order valence-corrected chi connectivity index (χ3v) is 4.61. The monoisotopic (exact) mass is 286 g/mol. The van der Waals surface area contributed by atoms with Gasteiger partial charge in [0.25, 0.3) is 5.91 Å². The van der Waals surface area contributed by atoms with Crippen molar-refractivity contribution >= 4 is 17.2 Å². The fraction of sp³-hybridized carbons (Fsp3) is 0.375. The van der Waals surface area contributed by atoms with E-state index >= 15 is 0 Å². The standard InChI is InChI=1S/C16H18N2OS/c1-10-3-5-13(6-4-10)16-18-14(9-20-16)15(19)17-11(2)12-7-8-12/h3-6,9,11-12H,7-8H2,1-2H3,(H,17,19). The Bertz CT molecular complexity index is 614. The van der Waals surface area contributed by atoms with Crippen LogP contribution in [0.25, 0.3) is 10.6 Å². The van der Waals surface area contributed by atoms with Crippen LogP contribution in [0.1, 0.15) is 35.8 Å². The Labute approximate surface area is 123 Å². The van der Waals surface area contributed by atoms with E-state index in [2.05, 4.69) is 36.3 Å². The molecular formula is C16H18N2OS. The van der Waals surface area contributed by atoms with Gasteiger partial charge in [-0.2, -0.15) is 0 Å². The maximum absolute atomic E-state index is 12.1. The van der Waals surface area contributed by atoms with Gasteiger partial charge in [-0.25, -0.2) is 4.98 Å². The van der Waals surface area contributed by atoms with Crippen molar-refractivity contribution in [3.05, 3.63) is 40.9 Å². The lowest BCUT2D eigenvalue weighted by molar-refractivity contribution is 0.0931. The minimum atomic E-state index is -0.0565. The highest BCUT2D eigenvalue weighted by Gasteiger charge is 2.29. The topological polar surface area (TPSA) is 42.0 Å². The van der Waals surface area contributed by atoms with E-state index < -0.39 is 0 Å². The summed E-state index contributed by atoms with van der Waals surface area (Å²) in [5, 5.41) is 5.77. The van der Waals surface area contributed by atoms with Crippen LogP contribution < -0.4 is 5.32 Å². The summed E-state index contributed by atoms with van der Waals surface area (Å²) in [5.41, 5.74) is 2.81. The number of nitrogens with one attached hydrogen (secondary N) is 1. The van der Waals surface area contributed by atoms with Crippen molar-refractivity contribution in [2.24, 2.45) is 5.92 Å². The largest absolute Gasteiger partial charge is 0.348 e. The zero-order valence-corrected chi connectivity index (χ0v) is 12.5. The number of hydrogen-bond donors (Lipinski definition) is 1. The van der Waals surface area contributed by atoms with Gasteiger partial charge in [0, 0.05) is 17.0 Å². The second-order valence-corrected chi connectivity index (χ2v) is 6.36. The van der Waals surface area contributed by atoms with Crippen molar-refractivity contribution in [3.8, 4) is 10.6 Å². The van der Waals surface area contributed by atoms with Gasteiger partial charge in [-0.15, -0.1) is 11.3 Å². The molecule has 1 fully saturated rings. The summed E-state index contributed by atoms with van der Waals surface area (Å²) in [4.78, 5) is 16.6. The fourth-order valence-corrected chi connectivity index (χ4v) is 3.01. The van der Waals surface area contributed by atoms with Crippen LogP contribution in [0.4, 0.5) is 0 Å². The Morgan fingerprint density at radius 1 is 1.35 bits per heavy atom. The summed E-state index contributed by atoms with van der Waals surface area (Å²) < 4.78 is 0. The van der Waals surface area contributed by atoms with Crippen LogP contribution in [0, 0.1) is 12.8 Å². The van der Waals surface area contributed by atoms with Gasteiger partial charge in [-0.3, -0.25) is 4.79 Å². The molecule has 2 aromatic rings. The minimum Gasteiger partial charge on any atom is -0.348 e. The van der Waals surface area contributed by atoms with Crippen molar-refractivity contribution in [1.29, 1.82) is 0 Å². The second-order valence-electron chi connectivity index (χ2n) is 5.50. The average molecular weight is 286 g/mol. The van der Waals surface area contributed by atoms with Gasteiger partial charge in [0.2, 0.25) is 0 Å². The Balaban J connectivity index is 1.72. The molecule has 1 aliphatic rings. The number of nitrogens with zero attached hydrogens (tertiary/aromatic N) is 1. The molecule has 1 saturated carbocycles. The summed E-state index contributed by atoms with van der Waals surface area (Å²) >= 11 is 1.52. The number of aryl methyl sites for hydroxylation is 1. The van der Waals surface area contributed by atoms with E-state index in [1.54, 1.807) is 0 Å². The first-order valence-corrected chi connectivity index (χ1v) is 7.85. The van der Waals surface area contributed by atoms with Crippen molar-refractivity contribution in [1.82, 2.24) is 10.3 Å². The molecule has 3 rings (SSSR count). The van der Waals surface area contributed by atoms with Crippen molar-refractivity contribution in [3.63, 3.8) is 0 Å². The van der Waals surface area contributed by atoms with Crippen LogP contribution in [0.2, 0.25) is 0 Å². The number of thiazole rings is 1. The van der Waals surface area contributed by atoms with Crippen LogP contribution >= 0.6 is 11.3 Å². The fourth-order valence-electron chi connectivity index (χ4n) is 2.20. The highest BCUT2D eigenvalue weighted by atomic mass is 32.1. The molecule has 0 aliphatic heterocycles. The normalized spacial score (nSPS) is 15.9. The molecule has 1 atom stereocenters. The van der Waals surface area contributed by atoms with E-state index in [-0.39, 0.29) is 11.9 Å². The van der Waals surface area contributed by atoms with Gasteiger partial charge in [0.05, 0.1) is 0 Å². The molecule has 1 unspecified atom stereocenters. The predicted octanol–water partition coefficient (Wildman–Crippen LogP) is 3.65. The quantitative estimate of drug-likeness (QED) is 0.932. The van der Waals surface area contributed by atoms with Crippen molar-refractivity contribution < 1.29 is 4.79 Å². The number of rotatable bonds is 4. The summed E-state index contributed by atoms with van der Waals surface area (Å²) in [6.45, 7) is 4.13. The SMILES string of the molecule is Cc1ccc(-c2nc(C(=O)NC(C)C3CC3)cs2)cc1. The van der Waals surface area contributed by atoms with Gasteiger partial charge >= 0.3 is 0 Å². The lowest BCUT2D eigenvalue weighted by atomic mass is 10.2. The first-order valence-electron chi connectivity index (χ1n) is 6.97. The van der Waals surface area contributed by atoms with Crippen LogP contribution in [-0.4, -0.2) is 16.9 Å². The Hall–Kier alpha value is -1.68. The molecule has 1 aromatic heterocycles. The highest BCUT2D eigenvalue weighted by Crippen LogP contribution is 2.32. The molecule has 1 amide bonds. The van der Waals surface area contributed by atoms with Gasteiger partial charge < -0.3 is 5.32 Å². The lowest BCUT2D eigenvalue weighted by Gasteiger charge is -2.10. The van der Waals surface area contributed by atoms with Gasteiger partial charge in [-0.05, 0) is 32.6 Å². The molecular weight excluding hydrogens is 268 g/mol. The van der Waals surface area contributed by atoms with Gasteiger partial charge in [-0.1, -0.05) is 29.8 Å². The van der Waals surface area contributed by atoms with Crippen LogP contribution in [0.5, 0.6) is 0 Å². The van der Waals surface area contributed by atoms with Gasteiger partial charge in [0.1, 0.15) is 10.7 Å². The number of carbonyl (C=O) groups is 1. The van der Waals surface area contributed by atoms with E-state index in [0.29, 0.717) is 11.6 Å². The molecule has 1 aliphatic carbocycles. The molecule has 1 N–H and O–H groups in total. The predicted molar refractivity (Wildman–Crippen MR) is 81.9 cm³/mol. The van der Waals surface area contributed by atoms with E-state index in [0.717, 1.165) is 10.6 Å². The summed E-state index contributed by atoms with van der Waals surface area (Å²) in [7, 11) is 0. The summed E-state index contributed by atoms with van der Waals surface area (Å²) in [6.07, 6.45) is 2.46. The molecule has 1 heterocycles. The van der Waals surface area contributed by atoms with E-state index in [1.807, 2.05) is 17.5 Å². The Morgan fingerprint density at radius 3 is 2.70 bits per heavy atom. The highest BCUT2D eigenvalue weighted by molar-refractivity contribution is 7.13. The first-order chi connectivity index (χ1) is 9.63. The van der Waals surface area contributed by atoms with E-state index in [4.69, 9.17) is 0 Å². The van der Waals surface area contributed by atoms with Crippen molar-refractivity contribution in [2.45, 2.75) is 32.7 Å². The minimum absolute atomic E-state index is 0.0565. The zero-order chi connectivity index (χ0) is 14.1. The molecule has 0 saturated heterocycles. The maximum Gasteiger partial charge on any atom is 0.270 e. The van der Waals surface area contributed by atoms with Crippen LogP contribution in [-0.2, 0) is 0 Å². The molecule has 0 bridgehead atoms. The summed E-state index contributed by atoms with van der Waals surface area (Å²) in [5.74, 6) is 0.605. The van der Waals surface area contributed by atoms with E-state index in [9.17, 15) is 4.79 Å². The summed E-state index contributed by atoms with van der Waals surface area (Å²) in [6, 6.07) is 8.47. The molecule has 0 radical (unpaired) electrons.